The molecular weight excluding hydrogens is 388 g/mol. The van der Waals surface area contributed by atoms with E-state index in [-0.39, 0.29) is 17.0 Å². The minimum Gasteiger partial charge on any atom is -0.493 e. The molecule has 2 aromatic rings. The summed E-state index contributed by atoms with van der Waals surface area (Å²) in [6.07, 6.45) is 1.64. The van der Waals surface area contributed by atoms with Crippen LogP contribution in [0.15, 0.2) is 29.1 Å². The highest BCUT2D eigenvalue weighted by Gasteiger charge is 2.29. The van der Waals surface area contributed by atoms with E-state index in [1.54, 1.807) is 19.2 Å². The maximum atomic E-state index is 12.7. The van der Waals surface area contributed by atoms with E-state index in [0.717, 1.165) is 11.1 Å². The van der Waals surface area contributed by atoms with Crippen LogP contribution in [0, 0.1) is 0 Å². The lowest BCUT2D eigenvalue weighted by atomic mass is 9.95. The number of carbonyl (C=O) groups is 2. The van der Waals surface area contributed by atoms with Crippen LogP contribution in [0.25, 0.3) is 11.1 Å². The van der Waals surface area contributed by atoms with Gasteiger partial charge >= 0.3 is 0 Å². The first kappa shape index (κ1) is 21.2. The molecule has 8 heteroatoms. The van der Waals surface area contributed by atoms with Gasteiger partial charge in [-0.15, -0.1) is 0 Å². The average molecular weight is 412 g/mol. The molecule has 0 saturated heterocycles. The molecule has 158 valence electrons. The van der Waals surface area contributed by atoms with Crippen molar-refractivity contribution in [3.63, 3.8) is 0 Å². The zero-order valence-corrected chi connectivity index (χ0v) is 17.3. The highest BCUT2D eigenvalue weighted by molar-refractivity contribution is 5.84. The first-order valence-corrected chi connectivity index (χ1v) is 9.42. The van der Waals surface area contributed by atoms with Crippen molar-refractivity contribution in [1.29, 1.82) is 0 Å². The van der Waals surface area contributed by atoms with E-state index in [1.165, 1.54) is 27.2 Å². The highest BCUT2D eigenvalue weighted by atomic mass is 16.5. The van der Waals surface area contributed by atoms with Crippen molar-refractivity contribution >= 4 is 18.0 Å². The lowest BCUT2D eigenvalue weighted by Gasteiger charge is -2.19. The fourth-order valence-electron chi connectivity index (χ4n) is 3.89. The number of nitrogens with one attached hydrogen (secondary N) is 2. The molecule has 0 heterocycles. The summed E-state index contributed by atoms with van der Waals surface area (Å²) < 4.78 is 16.7. The van der Waals surface area contributed by atoms with Gasteiger partial charge in [0.25, 0.3) is 0 Å². The third-order valence-corrected chi connectivity index (χ3v) is 5.13. The molecule has 0 radical (unpaired) electrons. The van der Waals surface area contributed by atoms with E-state index in [2.05, 4.69) is 10.6 Å². The van der Waals surface area contributed by atoms with Crippen molar-refractivity contribution in [3.05, 3.63) is 45.6 Å². The van der Waals surface area contributed by atoms with Gasteiger partial charge in [0.05, 0.1) is 33.1 Å². The predicted molar refractivity (Wildman–Crippen MR) is 112 cm³/mol. The number of anilines is 1. The molecule has 0 bridgehead atoms. The Bertz CT molecular complexity index is 1050. The Morgan fingerprint density at radius 3 is 2.43 bits per heavy atom. The van der Waals surface area contributed by atoms with Gasteiger partial charge < -0.3 is 24.8 Å². The number of aryl methyl sites for hydroxylation is 1. The molecule has 0 saturated carbocycles. The Morgan fingerprint density at radius 1 is 1.10 bits per heavy atom. The van der Waals surface area contributed by atoms with Gasteiger partial charge in [0, 0.05) is 12.5 Å². The summed E-state index contributed by atoms with van der Waals surface area (Å²) in [7, 11) is 4.61. The Morgan fingerprint density at radius 2 is 1.83 bits per heavy atom. The summed E-state index contributed by atoms with van der Waals surface area (Å²) >= 11 is 0. The molecule has 1 aliphatic carbocycles. The number of ether oxygens (including phenoxy) is 3. The molecule has 0 aliphatic heterocycles. The van der Waals surface area contributed by atoms with Crippen molar-refractivity contribution in [1.82, 2.24) is 5.32 Å². The molecule has 0 unspecified atom stereocenters. The summed E-state index contributed by atoms with van der Waals surface area (Å²) in [6, 6.07) is 6.23. The van der Waals surface area contributed by atoms with Crippen LogP contribution in [0.5, 0.6) is 17.2 Å². The van der Waals surface area contributed by atoms with Crippen LogP contribution < -0.4 is 30.3 Å². The maximum Gasteiger partial charge on any atom is 0.217 e. The zero-order chi connectivity index (χ0) is 21.8. The van der Waals surface area contributed by atoms with Gasteiger partial charge in [-0.25, -0.2) is 0 Å². The van der Waals surface area contributed by atoms with Crippen LogP contribution in [0.1, 0.15) is 30.5 Å². The maximum absolute atomic E-state index is 12.7. The van der Waals surface area contributed by atoms with Crippen LogP contribution in [0.3, 0.4) is 0 Å². The minimum absolute atomic E-state index is 0.139. The molecule has 2 N–H and O–H groups in total. The normalized spacial score (nSPS) is 14.5. The van der Waals surface area contributed by atoms with Gasteiger partial charge in [0.1, 0.15) is 0 Å². The number of fused-ring (bicyclic) bond motifs is 3. The lowest BCUT2D eigenvalue weighted by Crippen LogP contribution is -2.26. The smallest absolute Gasteiger partial charge is 0.217 e. The van der Waals surface area contributed by atoms with E-state index in [0.29, 0.717) is 47.6 Å². The standard InChI is InChI=1S/C22H24N2O6/c1-12(26)24-16-7-5-13-9-19(28-2)21(29-3)22(30-4)20(13)14-6-8-17(23-11-25)18(27)10-15(14)16/h6,8-11,16H,5,7H2,1-4H3,(H,24,26)(H,23,25,27)/t16-/m1/s1. The summed E-state index contributed by atoms with van der Waals surface area (Å²) in [5, 5.41) is 5.36. The van der Waals surface area contributed by atoms with Crippen molar-refractivity contribution in [2.45, 2.75) is 25.8 Å². The molecule has 2 aromatic carbocycles. The first-order valence-electron chi connectivity index (χ1n) is 9.42. The number of methoxy groups -OCH3 is 3. The van der Waals surface area contributed by atoms with Crippen LogP contribution >= 0.6 is 0 Å². The zero-order valence-electron chi connectivity index (χ0n) is 17.3. The quantitative estimate of drug-likeness (QED) is 0.707. The van der Waals surface area contributed by atoms with Crippen LogP contribution in [-0.4, -0.2) is 33.6 Å². The van der Waals surface area contributed by atoms with Gasteiger partial charge in [-0.1, -0.05) is 6.07 Å². The van der Waals surface area contributed by atoms with Crippen LogP contribution in [0.2, 0.25) is 0 Å². The second-order valence-electron chi connectivity index (χ2n) is 6.86. The molecule has 1 aliphatic rings. The van der Waals surface area contributed by atoms with Crippen molar-refractivity contribution in [3.8, 4) is 28.4 Å². The second-order valence-corrected chi connectivity index (χ2v) is 6.86. The SMILES string of the molecule is COc1cc2c(c(OC)c1OC)-c1ccc(NC=O)c(=O)cc1[C@H](NC(C)=O)CC2. The van der Waals surface area contributed by atoms with Gasteiger partial charge in [0.2, 0.25) is 23.5 Å². The molecule has 8 nitrogen and oxygen atoms in total. The number of hydrogen-bond acceptors (Lipinski definition) is 6. The second kappa shape index (κ2) is 8.86. The Labute approximate surface area is 174 Å². The fraction of sp³-hybridized carbons (Fsp3) is 0.318. The average Bonchev–Trinajstić information content (AvgIpc) is 2.96. The van der Waals surface area contributed by atoms with E-state index < -0.39 is 6.04 Å². The molecule has 0 fully saturated rings. The Hall–Kier alpha value is -3.55. The van der Waals surface area contributed by atoms with Gasteiger partial charge in [0.15, 0.2) is 11.5 Å². The summed E-state index contributed by atoms with van der Waals surface area (Å²) in [6.45, 7) is 1.44. The number of benzene rings is 1. The number of rotatable bonds is 6. The third kappa shape index (κ3) is 3.80. The monoisotopic (exact) mass is 412 g/mol. The van der Waals surface area contributed by atoms with Gasteiger partial charge in [-0.3, -0.25) is 14.4 Å². The fourth-order valence-corrected chi connectivity index (χ4v) is 3.89. The molecule has 30 heavy (non-hydrogen) atoms. The highest BCUT2D eigenvalue weighted by Crippen LogP contribution is 2.50. The van der Waals surface area contributed by atoms with Crippen molar-refractivity contribution in [2.75, 3.05) is 26.6 Å². The van der Waals surface area contributed by atoms with Crippen molar-refractivity contribution in [2.24, 2.45) is 0 Å². The molecule has 3 rings (SSSR count). The number of carbonyl (C=O) groups excluding carboxylic acids is 2. The molecular formula is C22H24N2O6. The Balaban J connectivity index is 2.41. The molecule has 2 amide bonds. The molecule has 0 aromatic heterocycles. The number of hydrogen-bond donors (Lipinski definition) is 2. The first-order chi connectivity index (χ1) is 14.4. The largest absolute Gasteiger partial charge is 0.493 e. The van der Waals surface area contributed by atoms with E-state index >= 15 is 0 Å². The molecule has 1 atom stereocenters. The van der Waals surface area contributed by atoms with E-state index in [9.17, 15) is 14.4 Å². The summed E-state index contributed by atoms with van der Waals surface area (Å²) in [4.78, 5) is 35.5. The van der Waals surface area contributed by atoms with Crippen LogP contribution in [0.4, 0.5) is 5.69 Å². The number of amides is 2. The predicted octanol–water partition coefficient (Wildman–Crippen LogP) is 2.43. The topological polar surface area (TPSA) is 103 Å². The van der Waals surface area contributed by atoms with Gasteiger partial charge in [-0.2, -0.15) is 0 Å². The van der Waals surface area contributed by atoms with Gasteiger partial charge in [-0.05, 0) is 47.7 Å². The van der Waals surface area contributed by atoms with E-state index in [1.807, 2.05) is 6.07 Å². The minimum atomic E-state index is -0.393. The lowest BCUT2D eigenvalue weighted by molar-refractivity contribution is -0.119. The summed E-state index contributed by atoms with van der Waals surface area (Å²) in [5.74, 6) is 1.23. The Kier molecular flexibility index (Phi) is 6.25. The molecule has 0 spiro atoms. The summed E-state index contributed by atoms with van der Waals surface area (Å²) in [5.41, 5.74) is 2.81. The van der Waals surface area contributed by atoms with Crippen LogP contribution in [-0.2, 0) is 16.0 Å². The van der Waals surface area contributed by atoms with E-state index in [4.69, 9.17) is 14.2 Å². The third-order valence-electron chi connectivity index (χ3n) is 5.13. The van der Waals surface area contributed by atoms with Crippen molar-refractivity contribution < 1.29 is 23.8 Å².